The molecule has 5 nitrogen and oxygen atoms in total. The Morgan fingerprint density at radius 2 is 2.10 bits per heavy atom. The summed E-state index contributed by atoms with van der Waals surface area (Å²) < 4.78 is 32.7. The van der Waals surface area contributed by atoms with E-state index in [4.69, 9.17) is 10.5 Å². The summed E-state index contributed by atoms with van der Waals surface area (Å²) in [5.74, 6) is 0.341. The summed E-state index contributed by atoms with van der Waals surface area (Å²) in [6.45, 7) is 3.97. The highest BCUT2D eigenvalue weighted by molar-refractivity contribution is 7.89. The molecule has 0 bridgehead atoms. The van der Waals surface area contributed by atoms with Crippen molar-refractivity contribution in [1.82, 2.24) is 4.31 Å². The number of ether oxygens (including phenoxy) is 1. The van der Waals surface area contributed by atoms with E-state index >= 15 is 0 Å². The predicted molar refractivity (Wildman–Crippen MR) is 79.2 cm³/mol. The van der Waals surface area contributed by atoms with Gasteiger partial charge in [-0.2, -0.15) is 4.31 Å². The van der Waals surface area contributed by atoms with Gasteiger partial charge in [-0.05, 0) is 44.4 Å². The minimum atomic E-state index is -3.59. The van der Waals surface area contributed by atoms with E-state index in [9.17, 15) is 8.42 Å². The second kappa shape index (κ2) is 5.61. The molecule has 20 heavy (non-hydrogen) atoms. The van der Waals surface area contributed by atoms with Gasteiger partial charge in [-0.25, -0.2) is 8.42 Å². The summed E-state index contributed by atoms with van der Waals surface area (Å²) in [7, 11) is -2.12. The first-order chi connectivity index (χ1) is 9.41. The Bertz CT molecular complexity index is 586. The van der Waals surface area contributed by atoms with E-state index in [0.29, 0.717) is 11.4 Å². The van der Waals surface area contributed by atoms with E-state index in [0.717, 1.165) is 19.3 Å². The molecule has 2 rings (SSSR count). The van der Waals surface area contributed by atoms with Crippen LogP contribution >= 0.6 is 0 Å². The number of hydrogen-bond acceptors (Lipinski definition) is 4. The Morgan fingerprint density at radius 3 is 2.70 bits per heavy atom. The third-order valence-electron chi connectivity index (χ3n) is 3.93. The maximum absolute atomic E-state index is 12.9. The SMILES string of the molecule is CCC1CCC(C)N1S(=O)(=O)c1cc(N)ccc1OC. The average Bonchev–Trinajstić information content (AvgIpc) is 2.80. The van der Waals surface area contributed by atoms with Crippen molar-refractivity contribution in [1.29, 1.82) is 0 Å². The highest BCUT2D eigenvalue weighted by atomic mass is 32.2. The molecule has 0 saturated carbocycles. The number of nitrogens with zero attached hydrogens (tertiary/aromatic N) is 1. The van der Waals surface area contributed by atoms with Crippen molar-refractivity contribution in [3.8, 4) is 5.75 Å². The van der Waals surface area contributed by atoms with E-state index in [2.05, 4.69) is 0 Å². The number of methoxy groups -OCH3 is 1. The molecular weight excluding hydrogens is 276 g/mol. The molecule has 1 aliphatic rings. The predicted octanol–water partition coefficient (Wildman–Crippen LogP) is 2.23. The number of benzene rings is 1. The number of sulfonamides is 1. The Hall–Kier alpha value is -1.27. The zero-order valence-corrected chi connectivity index (χ0v) is 13.0. The summed E-state index contributed by atoms with van der Waals surface area (Å²) in [6.07, 6.45) is 2.61. The number of nitrogens with two attached hydrogens (primary N) is 1. The Labute approximate surface area is 120 Å². The van der Waals surface area contributed by atoms with Crippen LogP contribution < -0.4 is 10.5 Å². The number of rotatable bonds is 4. The van der Waals surface area contributed by atoms with Crippen molar-refractivity contribution < 1.29 is 13.2 Å². The lowest BCUT2D eigenvalue weighted by Gasteiger charge is -2.27. The molecule has 1 fully saturated rings. The van der Waals surface area contributed by atoms with Gasteiger partial charge in [-0.1, -0.05) is 6.92 Å². The fraction of sp³-hybridized carbons (Fsp3) is 0.571. The molecule has 1 saturated heterocycles. The van der Waals surface area contributed by atoms with Crippen LogP contribution in [0.1, 0.15) is 33.1 Å². The standard InChI is InChI=1S/C14H22N2O3S/c1-4-12-7-5-10(2)16(12)20(17,18)14-9-11(15)6-8-13(14)19-3/h6,8-10,12H,4-5,7,15H2,1-3H3. The van der Waals surface area contributed by atoms with Gasteiger partial charge >= 0.3 is 0 Å². The first-order valence-corrected chi connectivity index (χ1v) is 8.32. The van der Waals surface area contributed by atoms with Gasteiger partial charge in [0.1, 0.15) is 10.6 Å². The van der Waals surface area contributed by atoms with E-state index in [1.165, 1.54) is 13.2 Å². The second-order valence-corrected chi connectivity index (χ2v) is 7.05. The summed E-state index contributed by atoms with van der Waals surface area (Å²) in [5.41, 5.74) is 6.16. The molecule has 0 aromatic heterocycles. The van der Waals surface area contributed by atoms with E-state index in [1.807, 2.05) is 13.8 Å². The van der Waals surface area contributed by atoms with Crippen molar-refractivity contribution in [2.75, 3.05) is 12.8 Å². The lowest BCUT2D eigenvalue weighted by atomic mass is 10.2. The summed E-state index contributed by atoms with van der Waals surface area (Å²) in [4.78, 5) is 0.159. The molecule has 1 aromatic rings. The van der Waals surface area contributed by atoms with Crippen LogP contribution in [0.25, 0.3) is 0 Å². The number of nitrogen functional groups attached to an aromatic ring is 1. The Kier molecular flexibility index (Phi) is 4.25. The maximum atomic E-state index is 12.9. The maximum Gasteiger partial charge on any atom is 0.247 e. The molecule has 2 unspecified atom stereocenters. The smallest absolute Gasteiger partial charge is 0.247 e. The molecule has 1 heterocycles. The van der Waals surface area contributed by atoms with Crippen LogP contribution in [0.2, 0.25) is 0 Å². The van der Waals surface area contributed by atoms with E-state index in [1.54, 1.807) is 16.4 Å². The van der Waals surface area contributed by atoms with Gasteiger partial charge in [-0.15, -0.1) is 0 Å². The molecular formula is C14H22N2O3S. The van der Waals surface area contributed by atoms with E-state index in [-0.39, 0.29) is 17.0 Å². The molecule has 2 atom stereocenters. The zero-order valence-electron chi connectivity index (χ0n) is 12.2. The first kappa shape index (κ1) is 15.1. The van der Waals surface area contributed by atoms with Crippen molar-refractivity contribution in [2.45, 2.75) is 50.1 Å². The third kappa shape index (κ3) is 2.50. The molecule has 0 amide bonds. The summed E-state index contributed by atoms with van der Waals surface area (Å²) in [6, 6.07) is 4.79. The van der Waals surface area contributed by atoms with Crippen molar-refractivity contribution in [2.24, 2.45) is 0 Å². The highest BCUT2D eigenvalue weighted by Gasteiger charge is 2.40. The van der Waals surface area contributed by atoms with Gasteiger partial charge in [0, 0.05) is 17.8 Å². The molecule has 1 aromatic carbocycles. The minimum absolute atomic E-state index is 0.0103. The van der Waals surface area contributed by atoms with Crippen LogP contribution in [0.4, 0.5) is 5.69 Å². The van der Waals surface area contributed by atoms with Crippen LogP contribution in [0.3, 0.4) is 0 Å². The normalized spacial score (nSPS) is 23.9. The molecule has 1 aliphatic heterocycles. The molecule has 6 heteroatoms. The van der Waals surface area contributed by atoms with Crippen LogP contribution in [-0.4, -0.2) is 31.9 Å². The Morgan fingerprint density at radius 1 is 1.40 bits per heavy atom. The lowest BCUT2D eigenvalue weighted by Crippen LogP contribution is -2.39. The van der Waals surface area contributed by atoms with Crippen LogP contribution in [0, 0.1) is 0 Å². The number of hydrogen-bond donors (Lipinski definition) is 1. The summed E-state index contributed by atoms with van der Waals surface area (Å²) >= 11 is 0. The van der Waals surface area contributed by atoms with Crippen LogP contribution in [0.5, 0.6) is 5.75 Å². The molecule has 2 N–H and O–H groups in total. The van der Waals surface area contributed by atoms with Crippen molar-refractivity contribution in [3.05, 3.63) is 18.2 Å². The van der Waals surface area contributed by atoms with Gasteiger partial charge in [0.25, 0.3) is 0 Å². The van der Waals surface area contributed by atoms with Gasteiger partial charge in [0.2, 0.25) is 10.0 Å². The summed E-state index contributed by atoms with van der Waals surface area (Å²) in [5, 5.41) is 0. The molecule has 0 spiro atoms. The fourth-order valence-corrected chi connectivity index (χ4v) is 5.02. The third-order valence-corrected chi connectivity index (χ3v) is 6.01. The molecule has 112 valence electrons. The van der Waals surface area contributed by atoms with E-state index < -0.39 is 10.0 Å². The zero-order chi connectivity index (χ0) is 14.9. The topological polar surface area (TPSA) is 72.6 Å². The van der Waals surface area contributed by atoms with Crippen LogP contribution in [-0.2, 0) is 10.0 Å². The number of anilines is 1. The molecule has 0 radical (unpaired) electrons. The second-order valence-electron chi connectivity index (χ2n) is 5.23. The highest BCUT2D eigenvalue weighted by Crippen LogP contribution is 2.36. The quantitative estimate of drug-likeness (QED) is 0.865. The van der Waals surface area contributed by atoms with Gasteiger partial charge in [0.15, 0.2) is 0 Å². The van der Waals surface area contributed by atoms with Crippen molar-refractivity contribution >= 4 is 15.7 Å². The van der Waals surface area contributed by atoms with Gasteiger partial charge in [0.05, 0.1) is 7.11 Å². The van der Waals surface area contributed by atoms with Crippen molar-refractivity contribution in [3.63, 3.8) is 0 Å². The fourth-order valence-electron chi connectivity index (χ4n) is 2.87. The van der Waals surface area contributed by atoms with Crippen LogP contribution in [0.15, 0.2) is 23.1 Å². The van der Waals surface area contributed by atoms with Gasteiger partial charge < -0.3 is 10.5 Å². The largest absolute Gasteiger partial charge is 0.495 e. The average molecular weight is 298 g/mol. The lowest BCUT2D eigenvalue weighted by molar-refractivity contribution is 0.325. The van der Waals surface area contributed by atoms with Gasteiger partial charge in [-0.3, -0.25) is 0 Å². The first-order valence-electron chi connectivity index (χ1n) is 6.88. The minimum Gasteiger partial charge on any atom is -0.495 e. The Balaban J connectivity index is 2.52. The molecule has 0 aliphatic carbocycles. The monoisotopic (exact) mass is 298 g/mol.